The average molecular weight is 559 g/mol. The second-order valence-corrected chi connectivity index (χ2v) is 11.2. The molecule has 0 aromatic heterocycles. The fourth-order valence-corrected chi connectivity index (χ4v) is 4.82. The van der Waals surface area contributed by atoms with Crippen molar-refractivity contribution < 1.29 is 29.0 Å². The summed E-state index contributed by atoms with van der Waals surface area (Å²) in [4.78, 5) is 44.0. The van der Waals surface area contributed by atoms with E-state index in [4.69, 9.17) is 0 Å². The minimum Gasteiger partial charge on any atom is -0.480 e. The molecule has 0 unspecified atom stereocenters. The maximum absolute atomic E-state index is 13.2. The molecule has 0 saturated heterocycles. The van der Waals surface area contributed by atoms with Crippen molar-refractivity contribution in [3.05, 3.63) is 120 Å². The summed E-state index contributed by atoms with van der Waals surface area (Å²) in [5.74, 6) is -1.87. The van der Waals surface area contributed by atoms with E-state index in [2.05, 4.69) is 10.6 Å². The minimum absolute atomic E-state index is 0.0487. The Balaban J connectivity index is 1.46. The first-order valence-electron chi connectivity index (χ1n) is 12.8. The Morgan fingerprint density at radius 1 is 0.625 bits per heavy atom. The zero-order valence-electron chi connectivity index (χ0n) is 21.7. The van der Waals surface area contributed by atoms with Gasteiger partial charge in [0, 0.05) is 6.42 Å². The van der Waals surface area contributed by atoms with Crippen molar-refractivity contribution >= 4 is 19.5 Å². The highest BCUT2D eigenvalue weighted by Gasteiger charge is 2.27. The van der Waals surface area contributed by atoms with Gasteiger partial charge in [-0.05, 0) is 39.8 Å². The normalized spacial score (nSPS) is 12.8. The highest BCUT2D eigenvalue weighted by atomic mass is 31.2. The predicted octanol–water partition coefficient (Wildman–Crippen LogP) is 4.47. The molecule has 8 nitrogen and oxygen atoms in total. The highest BCUT2D eigenvalue weighted by Crippen LogP contribution is 2.32. The Labute approximate surface area is 232 Å². The molecule has 206 valence electrons. The Bertz CT molecular complexity index is 1460. The van der Waals surface area contributed by atoms with E-state index in [9.17, 15) is 29.0 Å². The lowest BCUT2D eigenvalue weighted by Gasteiger charge is -2.22. The monoisotopic (exact) mass is 558 g/mol. The standard InChI is InChI=1S/C31H31N2O6P/c34-30(33-29(31(35)36)20-23-13-17-27(18-14-23)25-9-5-2-6-10-25)28(32-21-40(37,38)39)19-22-11-15-26(16-12-22)24-7-3-1-4-8-24/h1-18,28-29,32H,19-21H2,(H,33,34)(H,35,36)(H2,37,38,39)/t28-,29-/m0/s1. The van der Waals surface area contributed by atoms with Crippen LogP contribution in [0.4, 0.5) is 0 Å². The molecule has 40 heavy (non-hydrogen) atoms. The lowest BCUT2D eigenvalue weighted by atomic mass is 9.99. The third kappa shape index (κ3) is 8.46. The Kier molecular flexibility index (Phi) is 9.64. The minimum atomic E-state index is -4.46. The predicted molar refractivity (Wildman–Crippen MR) is 155 cm³/mol. The summed E-state index contributed by atoms with van der Waals surface area (Å²) in [6, 6.07) is 32.2. The zero-order chi connectivity index (χ0) is 28.5. The molecule has 4 aromatic rings. The molecule has 0 spiro atoms. The molecule has 4 aromatic carbocycles. The zero-order valence-corrected chi connectivity index (χ0v) is 22.6. The molecule has 0 radical (unpaired) electrons. The Morgan fingerprint density at radius 3 is 1.43 bits per heavy atom. The number of benzene rings is 4. The van der Waals surface area contributed by atoms with Crippen LogP contribution in [0.3, 0.4) is 0 Å². The van der Waals surface area contributed by atoms with Crippen molar-refractivity contribution in [1.29, 1.82) is 0 Å². The summed E-state index contributed by atoms with van der Waals surface area (Å²) in [6.07, 6.45) is -0.558. The summed E-state index contributed by atoms with van der Waals surface area (Å²) in [5, 5.41) is 15.0. The van der Waals surface area contributed by atoms with Gasteiger partial charge < -0.3 is 20.2 Å². The van der Waals surface area contributed by atoms with E-state index < -0.39 is 37.8 Å². The molecule has 0 saturated carbocycles. The number of rotatable bonds is 12. The van der Waals surface area contributed by atoms with Gasteiger partial charge in [0.1, 0.15) is 6.04 Å². The number of carbonyl (C=O) groups excluding carboxylic acids is 1. The van der Waals surface area contributed by atoms with E-state index in [1.807, 2.05) is 109 Å². The molecule has 0 bridgehead atoms. The number of hydrogen-bond donors (Lipinski definition) is 5. The topological polar surface area (TPSA) is 136 Å². The fourth-order valence-electron chi connectivity index (χ4n) is 4.36. The fraction of sp³-hybridized carbons (Fsp3) is 0.161. The van der Waals surface area contributed by atoms with Gasteiger partial charge in [0.2, 0.25) is 5.91 Å². The third-order valence-corrected chi connectivity index (χ3v) is 7.07. The molecule has 4 rings (SSSR count). The van der Waals surface area contributed by atoms with Gasteiger partial charge in [-0.3, -0.25) is 14.7 Å². The van der Waals surface area contributed by atoms with Crippen molar-refractivity contribution in [2.75, 3.05) is 6.29 Å². The molecule has 9 heteroatoms. The summed E-state index contributed by atoms with van der Waals surface area (Å²) in [7, 11) is -4.46. The number of nitrogens with one attached hydrogen (secondary N) is 2. The third-order valence-electron chi connectivity index (χ3n) is 6.48. The summed E-state index contributed by atoms with van der Waals surface area (Å²) < 4.78 is 11.5. The molecule has 5 N–H and O–H groups in total. The van der Waals surface area contributed by atoms with Gasteiger partial charge in [0.25, 0.3) is 0 Å². The Morgan fingerprint density at radius 2 is 1.02 bits per heavy atom. The number of hydrogen-bond acceptors (Lipinski definition) is 4. The van der Waals surface area contributed by atoms with Crippen LogP contribution in [0.5, 0.6) is 0 Å². The number of aliphatic carboxylic acids is 1. The second-order valence-electron chi connectivity index (χ2n) is 9.51. The first-order chi connectivity index (χ1) is 19.2. The van der Waals surface area contributed by atoms with Crippen LogP contribution in [0.15, 0.2) is 109 Å². The molecule has 0 heterocycles. The molecule has 0 fully saturated rings. The van der Waals surface area contributed by atoms with E-state index in [0.29, 0.717) is 0 Å². The molecule has 0 aliphatic carbocycles. The summed E-state index contributed by atoms with van der Waals surface area (Å²) in [5.41, 5.74) is 5.51. The van der Waals surface area contributed by atoms with Crippen LogP contribution < -0.4 is 10.6 Å². The van der Waals surface area contributed by atoms with E-state index in [1.54, 1.807) is 0 Å². The first-order valence-corrected chi connectivity index (χ1v) is 14.6. The van der Waals surface area contributed by atoms with Gasteiger partial charge in [-0.2, -0.15) is 0 Å². The Hall–Kier alpha value is -4.07. The second kappa shape index (κ2) is 13.3. The van der Waals surface area contributed by atoms with Crippen LogP contribution in [0.25, 0.3) is 22.3 Å². The van der Waals surface area contributed by atoms with Crippen LogP contribution in [0, 0.1) is 0 Å². The van der Waals surface area contributed by atoms with Crippen molar-refractivity contribution in [3.8, 4) is 22.3 Å². The summed E-state index contributed by atoms with van der Waals surface area (Å²) in [6.45, 7) is 0. The van der Waals surface area contributed by atoms with Crippen molar-refractivity contribution in [1.82, 2.24) is 10.6 Å². The maximum atomic E-state index is 13.2. The molecular weight excluding hydrogens is 527 g/mol. The largest absolute Gasteiger partial charge is 0.480 e. The van der Waals surface area contributed by atoms with E-state index in [1.165, 1.54) is 0 Å². The van der Waals surface area contributed by atoms with Crippen LogP contribution in [-0.2, 0) is 27.0 Å². The molecule has 1 amide bonds. The molecule has 0 aliphatic rings. The molecule has 0 aliphatic heterocycles. The number of carboxylic acid groups (broad SMARTS) is 1. The average Bonchev–Trinajstić information content (AvgIpc) is 2.96. The van der Waals surface area contributed by atoms with Gasteiger partial charge in [-0.15, -0.1) is 0 Å². The number of carboxylic acids is 1. The first kappa shape index (κ1) is 28.9. The van der Waals surface area contributed by atoms with E-state index in [0.717, 1.165) is 33.4 Å². The van der Waals surface area contributed by atoms with E-state index in [-0.39, 0.29) is 12.8 Å². The van der Waals surface area contributed by atoms with Gasteiger partial charge in [-0.1, -0.05) is 109 Å². The lowest BCUT2D eigenvalue weighted by Crippen LogP contribution is -2.52. The smallest absolute Gasteiger partial charge is 0.339 e. The van der Waals surface area contributed by atoms with Gasteiger partial charge in [0.15, 0.2) is 0 Å². The molecular formula is C31H31N2O6P. The van der Waals surface area contributed by atoms with Crippen LogP contribution in [0.2, 0.25) is 0 Å². The van der Waals surface area contributed by atoms with Gasteiger partial charge >= 0.3 is 13.6 Å². The van der Waals surface area contributed by atoms with Crippen LogP contribution in [0.1, 0.15) is 11.1 Å². The van der Waals surface area contributed by atoms with E-state index >= 15 is 0 Å². The SMILES string of the molecule is O=C(O)[C@H](Cc1ccc(-c2ccccc2)cc1)NC(=O)[C@H](Cc1ccc(-c2ccccc2)cc1)NCP(=O)(O)O. The number of carbonyl (C=O) groups is 2. The van der Waals surface area contributed by atoms with Crippen LogP contribution >= 0.6 is 7.60 Å². The highest BCUT2D eigenvalue weighted by molar-refractivity contribution is 7.51. The quantitative estimate of drug-likeness (QED) is 0.162. The summed E-state index contributed by atoms with van der Waals surface area (Å²) >= 11 is 0. The van der Waals surface area contributed by atoms with Crippen molar-refractivity contribution in [2.45, 2.75) is 24.9 Å². The molecule has 2 atom stereocenters. The van der Waals surface area contributed by atoms with Gasteiger partial charge in [-0.25, -0.2) is 4.79 Å². The van der Waals surface area contributed by atoms with Gasteiger partial charge in [0.05, 0.1) is 12.3 Å². The maximum Gasteiger partial charge on any atom is 0.339 e. The van der Waals surface area contributed by atoms with Crippen molar-refractivity contribution in [3.63, 3.8) is 0 Å². The van der Waals surface area contributed by atoms with Crippen molar-refractivity contribution in [2.24, 2.45) is 0 Å². The number of amides is 1. The lowest BCUT2D eigenvalue weighted by molar-refractivity contribution is -0.142. The van der Waals surface area contributed by atoms with Crippen LogP contribution in [-0.4, -0.2) is 45.1 Å².